The Balaban J connectivity index is 1.38. The zero-order valence-corrected chi connectivity index (χ0v) is 15.7. The highest BCUT2D eigenvalue weighted by Gasteiger charge is 2.52. The molecule has 3 aliphatic rings. The predicted octanol–water partition coefficient (Wildman–Crippen LogP) is 2.08. The summed E-state index contributed by atoms with van der Waals surface area (Å²) in [4.78, 5) is 39.6. The number of nitrogens with zero attached hydrogens (tertiary/aromatic N) is 2. The van der Waals surface area contributed by atoms with E-state index in [-0.39, 0.29) is 18.3 Å². The van der Waals surface area contributed by atoms with Crippen molar-refractivity contribution in [2.75, 3.05) is 6.54 Å². The smallest absolute Gasteiger partial charge is 0.322 e. The van der Waals surface area contributed by atoms with E-state index in [9.17, 15) is 18.8 Å². The van der Waals surface area contributed by atoms with E-state index in [2.05, 4.69) is 10.7 Å². The summed E-state index contributed by atoms with van der Waals surface area (Å²) in [6.45, 7) is 0.592. The standard InChI is InChI=1S/C20H25FN4O3/c21-15-6-4-14(5-7-15)12-24(16-8-9-16)13-17(26)23-25-18(27)20(22-19(25)28)10-2-1-3-11-20/h4-7,16H,1-3,8-13H2,(H,22,28)(H,23,26). The van der Waals surface area contributed by atoms with Crippen LogP contribution < -0.4 is 10.7 Å². The molecule has 0 atom stereocenters. The van der Waals surface area contributed by atoms with Gasteiger partial charge < -0.3 is 5.32 Å². The van der Waals surface area contributed by atoms with Crippen LogP contribution in [0.5, 0.6) is 0 Å². The molecule has 0 radical (unpaired) electrons. The Kier molecular flexibility index (Phi) is 5.05. The lowest BCUT2D eigenvalue weighted by molar-refractivity contribution is -0.140. The van der Waals surface area contributed by atoms with Crippen LogP contribution in [0, 0.1) is 5.82 Å². The number of halogens is 1. The first-order valence-electron chi connectivity index (χ1n) is 9.91. The van der Waals surface area contributed by atoms with E-state index >= 15 is 0 Å². The fourth-order valence-corrected chi connectivity index (χ4v) is 4.14. The van der Waals surface area contributed by atoms with Gasteiger partial charge in [0.05, 0.1) is 6.54 Å². The lowest BCUT2D eigenvalue weighted by atomic mass is 9.82. The van der Waals surface area contributed by atoms with E-state index in [0.29, 0.717) is 25.4 Å². The van der Waals surface area contributed by atoms with Crippen LogP contribution in [-0.4, -0.2) is 45.9 Å². The molecule has 8 heteroatoms. The van der Waals surface area contributed by atoms with E-state index < -0.39 is 17.5 Å². The fraction of sp³-hybridized carbons (Fsp3) is 0.550. The summed E-state index contributed by atoms with van der Waals surface area (Å²) in [5.74, 6) is -1.05. The summed E-state index contributed by atoms with van der Waals surface area (Å²) >= 11 is 0. The average molecular weight is 388 g/mol. The minimum Gasteiger partial charge on any atom is -0.322 e. The Bertz CT molecular complexity index is 772. The molecule has 1 aromatic rings. The molecule has 2 saturated carbocycles. The van der Waals surface area contributed by atoms with Crippen molar-refractivity contribution in [2.45, 2.75) is 63.1 Å². The van der Waals surface area contributed by atoms with Gasteiger partial charge in [-0.1, -0.05) is 31.4 Å². The van der Waals surface area contributed by atoms with Crippen LogP contribution in [0.3, 0.4) is 0 Å². The van der Waals surface area contributed by atoms with Crippen molar-refractivity contribution in [1.82, 2.24) is 20.7 Å². The number of amides is 4. The zero-order valence-electron chi connectivity index (χ0n) is 15.7. The monoisotopic (exact) mass is 388 g/mol. The van der Waals surface area contributed by atoms with Crippen LogP contribution in [0.4, 0.5) is 9.18 Å². The molecule has 150 valence electrons. The van der Waals surface area contributed by atoms with Gasteiger partial charge in [-0.25, -0.2) is 9.18 Å². The summed E-state index contributed by atoms with van der Waals surface area (Å²) in [7, 11) is 0. The molecule has 2 N–H and O–H groups in total. The molecule has 0 unspecified atom stereocenters. The van der Waals surface area contributed by atoms with Gasteiger partial charge in [-0.05, 0) is 43.4 Å². The third-order valence-corrected chi connectivity index (χ3v) is 5.81. The fourth-order valence-electron chi connectivity index (χ4n) is 4.14. The van der Waals surface area contributed by atoms with Gasteiger partial charge in [-0.3, -0.25) is 19.9 Å². The van der Waals surface area contributed by atoms with Crippen molar-refractivity contribution in [2.24, 2.45) is 0 Å². The molecule has 3 fully saturated rings. The summed E-state index contributed by atoms with van der Waals surface area (Å²) < 4.78 is 13.1. The predicted molar refractivity (Wildman–Crippen MR) is 99.2 cm³/mol. The average Bonchev–Trinajstić information content (AvgIpc) is 3.49. The normalized spacial score (nSPS) is 21.3. The molecule has 1 spiro atoms. The molecule has 4 rings (SSSR count). The second-order valence-electron chi connectivity index (χ2n) is 8.01. The zero-order chi connectivity index (χ0) is 19.7. The first-order valence-corrected chi connectivity index (χ1v) is 9.91. The Labute approximate surface area is 163 Å². The van der Waals surface area contributed by atoms with E-state index in [1.165, 1.54) is 12.1 Å². The molecule has 2 aliphatic carbocycles. The van der Waals surface area contributed by atoms with Gasteiger partial charge in [0.1, 0.15) is 11.4 Å². The highest BCUT2D eigenvalue weighted by atomic mass is 19.1. The minimum absolute atomic E-state index is 0.0755. The van der Waals surface area contributed by atoms with Crippen LogP contribution >= 0.6 is 0 Å². The van der Waals surface area contributed by atoms with Gasteiger partial charge in [-0.15, -0.1) is 0 Å². The molecule has 1 aromatic carbocycles. The molecule has 0 bridgehead atoms. The van der Waals surface area contributed by atoms with Gasteiger partial charge in [0.25, 0.3) is 11.8 Å². The van der Waals surface area contributed by atoms with E-state index in [1.54, 1.807) is 12.1 Å². The molecule has 7 nitrogen and oxygen atoms in total. The van der Waals surface area contributed by atoms with Crippen LogP contribution in [0.15, 0.2) is 24.3 Å². The summed E-state index contributed by atoms with van der Waals surface area (Å²) in [6.07, 6.45) is 6.06. The number of imide groups is 1. The van der Waals surface area contributed by atoms with Crippen molar-refractivity contribution >= 4 is 17.8 Å². The Hall–Kier alpha value is -2.48. The number of benzene rings is 1. The lowest BCUT2D eigenvalue weighted by Gasteiger charge is -2.30. The number of hydrogen-bond donors (Lipinski definition) is 2. The number of carbonyl (C=O) groups excluding carboxylic acids is 3. The maximum atomic E-state index is 13.1. The number of hydrazine groups is 1. The Morgan fingerprint density at radius 3 is 2.50 bits per heavy atom. The van der Waals surface area contributed by atoms with Crippen molar-refractivity contribution < 1.29 is 18.8 Å². The highest BCUT2D eigenvalue weighted by molar-refractivity contribution is 6.08. The van der Waals surface area contributed by atoms with Gasteiger partial charge in [0.15, 0.2) is 0 Å². The van der Waals surface area contributed by atoms with Crippen LogP contribution in [0.25, 0.3) is 0 Å². The number of nitrogens with one attached hydrogen (secondary N) is 2. The quantitative estimate of drug-likeness (QED) is 0.731. The highest BCUT2D eigenvalue weighted by Crippen LogP contribution is 2.33. The molecular formula is C20H25FN4O3. The van der Waals surface area contributed by atoms with Crippen molar-refractivity contribution in [3.05, 3.63) is 35.6 Å². The van der Waals surface area contributed by atoms with Gasteiger partial charge in [-0.2, -0.15) is 5.01 Å². The van der Waals surface area contributed by atoms with Crippen molar-refractivity contribution in [1.29, 1.82) is 0 Å². The molecule has 1 aliphatic heterocycles. The van der Waals surface area contributed by atoms with Crippen LogP contribution in [0.2, 0.25) is 0 Å². The Morgan fingerprint density at radius 1 is 1.18 bits per heavy atom. The molecule has 28 heavy (non-hydrogen) atoms. The number of carbonyl (C=O) groups is 3. The van der Waals surface area contributed by atoms with Crippen LogP contribution in [-0.2, 0) is 16.1 Å². The molecule has 4 amide bonds. The molecular weight excluding hydrogens is 363 g/mol. The van der Waals surface area contributed by atoms with E-state index in [0.717, 1.165) is 42.7 Å². The van der Waals surface area contributed by atoms with Gasteiger partial charge in [0.2, 0.25) is 0 Å². The molecule has 1 heterocycles. The van der Waals surface area contributed by atoms with Crippen LogP contribution in [0.1, 0.15) is 50.5 Å². The number of hydrogen-bond acceptors (Lipinski definition) is 4. The van der Waals surface area contributed by atoms with E-state index in [4.69, 9.17) is 0 Å². The SMILES string of the molecule is O=C(CN(Cc1ccc(F)cc1)C1CC1)NN1C(=O)NC2(CCCCC2)C1=O. The molecule has 1 saturated heterocycles. The third kappa shape index (κ3) is 3.87. The topological polar surface area (TPSA) is 81.8 Å². The summed E-state index contributed by atoms with van der Waals surface area (Å²) in [6, 6.07) is 5.94. The third-order valence-electron chi connectivity index (χ3n) is 5.81. The Morgan fingerprint density at radius 2 is 1.86 bits per heavy atom. The van der Waals surface area contributed by atoms with Crippen molar-refractivity contribution in [3.8, 4) is 0 Å². The van der Waals surface area contributed by atoms with E-state index in [1.807, 2.05) is 4.90 Å². The number of rotatable bonds is 6. The van der Waals surface area contributed by atoms with Crippen molar-refractivity contribution in [3.63, 3.8) is 0 Å². The summed E-state index contributed by atoms with van der Waals surface area (Å²) in [5.41, 5.74) is 2.55. The second-order valence-corrected chi connectivity index (χ2v) is 8.01. The first-order chi connectivity index (χ1) is 13.5. The summed E-state index contributed by atoms with van der Waals surface area (Å²) in [5, 5.41) is 3.63. The largest absolute Gasteiger partial charge is 0.344 e. The molecule has 0 aromatic heterocycles. The lowest BCUT2D eigenvalue weighted by Crippen LogP contribution is -2.52. The first kappa shape index (κ1) is 18.9. The van der Waals surface area contributed by atoms with Gasteiger partial charge in [0, 0.05) is 12.6 Å². The maximum Gasteiger partial charge on any atom is 0.344 e. The second kappa shape index (κ2) is 7.50. The maximum absolute atomic E-state index is 13.1. The van der Waals surface area contributed by atoms with Gasteiger partial charge >= 0.3 is 6.03 Å². The number of urea groups is 1. The minimum atomic E-state index is -0.854.